The van der Waals surface area contributed by atoms with Crippen LogP contribution in [0.2, 0.25) is 0 Å². The minimum absolute atomic E-state index is 0.0423. The number of carbonyl (C=O) groups excluding carboxylic acids is 2. The number of nitrogens with zero attached hydrogens (tertiary/aromatic N) is 1. The molecule has 0 fully saturated rings. The first-order chi connectivity index (χ1) is 11.1. The molecule has 0 aliphatic rings. The third kappa shape index (κ3) is 4.54. The number of benzene rings is 2. The molecule has 0 atom stereocenters. The van der Waals surface area contributed by atoms with Crippen LogP contribution < -0.4 is 9.64 Å². The van der Waals surface area contributed by atoms with Gasteiger partial charge in [0.1, 0.15) is 5.75 Å². The van der Waals surface area contributed by atoms with Crippen molar-refractivity contribution < 1.29 is 14.3 Å². The highest BCUT2D eigenvalue weighted by molar-refractivity contribution is 5.95. The second-order valence-corrected chi connectivity index (χ2v) is 5.00. The van der Waals surface area contributed by atoms with E-state index < -0.39 is 0 Å². The Kier molecular flexibility index (Phi) is 5.69. The lowest BCUT2D eigenvalue weighted by Gasteiger charge is -2.21. The van der Waals surface area contributed by atoms with Crippen molar-refractivity contribution in [1.82, 2.24) is 0 Å². The lowest BCUT2D eigenvalue weighted by Crippen LogP contribution is -2.35. The minimum atomic E-state index is -0.177. The summed E-state index contributed by atoms with van der Waals surface area (Å²) < 4.78 is 5.53. The van der Waals surface area contributed by atoms with Crippen LogP contribution >= 0.6 is 0 Å². The maximum absolute atomic E-state index is 12.4. The summed E-state index contributed by atoms with van der Waals surface area (Å²) in [6.45, 7) is 5.47. The van der Waals surface area contributed by atoms with E-state index in [2.05, 4.69) is 6.58 Å². The van der Waals surface area contributed by atoms with Crippen LogP contribution in [0.15, 0.2) is 67.3 Å². The van der Waals surface area contributed by atoms with Gasteiger partial charge in [0.25, 0.3) is 5.91 Å². The smallest absolute Gasteiger partial charge is 0.265 e. The summed E-state index contributed by atoms with van der Waals surface area (Å²) in [5.41, 5.74) is 1.35. The lowest BCUT2D eigenvalue weighted by molar-refractivity contribution is -0.120. The van der Waals surface area contributed by atoms with Gasteiger partial charge in [-0.25, -0.2) is 0 Å². The van der Waals surface area contributed by atoms with Gasteiger partial charge < -0.3 is 9.64 Å². The van der Waals surface area contributed by atoms with E-state index in [1.165, 1.54) is 6.92 Å². The Hall–Kier alpha value is -2.88. The second kappa shape index (κ2) is 7.94. The highest BCUT2D eigenvalue weighted by atomic mass is 16.5. The summed E-state index contributed by atoms with van der Waals surface area (Å²) in [5, 5.41) is 0. The standard InChI is InChI=1S/C19H19NO3/c1-3-12-20(17-9-5-4-6-10-17)19(22)14-23-18-11-7-8-16(13-18)15(2)21/h3-11,13H,1,12,14H2,2H3. The number of rotatable bonds is 7. The van der Waals surface area contributed by atoms with E-state index in [0.717, 1.165) is 5.69 Å². The number of hydrogen-bond acceptors (Lipinski definition) is 3. The molecule has 0 heterocycles. The third-order valence-electron chi connectivity index (χ3n) is 3.28. The largest absolute Gasteiger partial charge is 0.484 e. The Morgan fingerprint density at radius 2 is 1.87 bits per heavy atom. The maximum Gasteiger partial charge on any atom is 0.265 e. The number of Topliss-reactive ketones (excluding diaryl/α,β-unsaturated/α-hetero) is 1. The molecule has 118 valence electrons. The van der Waals surface area contributed by atoms with Crippen LogP contribution in [0.1, 0.15) is 17.3 Å². The van der Waals surface area contributed by atoms with Crippen LogP contribution in [-0.4, -0.2) is 24.8 Å². The Balaban J connectivity index is 2.06. The lowest BCUT2D eigenvalue weighted by atomic mass is 10.1. The van der Waals surface area contributed by atoms with Crippen molar-refractivity contribution in [2.24, 2.45) is 0 Å². The molecule has 2 rings (SSSR count). The van der Waals surface area contributed by atoms with Crippen LogP contribution in [0.25, 0.3) is 0 Å². The summed E-state index contributed by atoms with van der Waals surface area (Å²) in [6, 6.07) is 16.2. The molecule has 0 aliphatic heterocycles. The van der Waals surface area contributed by atoms with E-state index in [1.54, 1.807) is 35.2 Å². The monoisotopic (exact) mass is 309 g/mol. The Bertz CT molecular complexity index is 695. The van der Waals surface area contributed by atoms with Crippen molar-refractivity contribution in [3.8, 4) is 5.75 Å². The second-order valence-electron chi connectivity index (χ2n) is 5.00. The van der Waals surface area contributed by atoms with Crippen molar-refractivity contribution in [3.63, 3.8) is 0 Å². The number of carbonyl (C=O) groups is 2. The zero-order valence-corrected chi connectivity index (χ0v) is 13.1. The molecule has 0 aromatic heterocycles. The first-order valence-electron chi connectivity index (χ1n) is 7.32. The summed E-state index contributed by atoms with van der Waals surface area (Å²) in [7, 11) is 0. The van der Waals surface area contributed by atoms with Crippen molar-refractivity contribution >= 4 is 17.4 Å². The van der Waals surface area contributed by atoms with Gasteiger partial charge in [0, 0.05) is 17.8 Å². The van der Waals surface area contributed by atoms with Gasteiger partial charge in [-0.05, 0) is 31.2 Å². The third-order valence-corrected chi connectivity index (χ3v) is 3.28. The Morgan fingerprint density at radius 1 is 1.13 bits per heavy atom. The molecule has 0 saturated heterocycles. The number of ketones is 1. The van der Waals surface area contributed by atoms with Crippen LogP contribution in [0, 0.1) is 0 Å². The fraction of sp³-hybridized carbons (Fsp3) is 0.158. The van der Waals surface area contributed by atoms with Gasteiger partial charge in [-0.2, -0.15) is 0 Å². The molecule has 0 bridgehead atoms. The molecule has 4 nitrogen and oxygen atoms in total. The van der Waals surface area contributed by atoms with Crippen LogP contribution in [0.4, 0.5) is 5.69 Å². The molecular formula is C19H19NO3. The molecule has 0 unspecified atom stereocenters. The average Bonchev–Trinajstić information content (AvgIpc) is 2.58. The fourth-order valence-electron chi connectivity index (χ4n) is 2.12. The summed E-state index contributed by atoms with van der Waals surface area (Å²) in [6.07, 6.45) is 1.67. The van der Waals surface area contributed by atoms with E-state index in [0.29, 0.717) is 17.9 Å². The first-order valence-corrected chi connectivity index (χ1v) is 7.32. The molecule has 0 spiro atoms. The van der Waals surface area contributed by atoms with Crippen LogP contribution in [-0.2, 0) is 4.79 Å². The average molecular weight is 309 g/mol. The zero-order valence-electron chi connectivity index (χ0n) is 13.1. The molecule has 0 radical (unpaired) electrons. The normalized spacial score (nSPS) is 9.96. The molecule has 23 heavy (non-hydrogen) atoms. The predicted molar refractivity (Wildman–Crippen MR) is 90.9 cm³/mol. The van der Waals surface area contributed by atoms with Crippen molar-refractivity contribution in [1.29, 1.82) is 0 Å². The van der Waals surface area contributed by atoms with Gasteiger partial charge in [-0.15, -0.1) is 6.58 Å². The summed E-state index contributed by atoms with van der Waals surface area (Å²) in [5.74, 6) is 0.279. The van der Waals surface area contributed by atoms with Gasteiger partial charge in [-0.1, -0.05) is 36.4 Å². The van der Waals surface area contributed by atoms with E-state index in [9.17, 15) is 9.59 Å². The molecule has 0 aliphatic carbocycles. The van der Waals surface area contributed by atoms with Crippen molar-refractivity contribution in [2.75, 3.05) is 18.1 Å². The predicted octanol–water partition coefficient (Wildman–Crippen LogP) is 3.49. The van der Waals surface area contributed by atoms with Gasteiger partial charge in [0.05, 0.1) is 0 Å². The summed E-state index contributed by atoms with van der Waals surface area (Å²) in [4.78, 5) is 25.4. The van der Waals surface area contributed by atoms with E-state index in [-0.39, 0.29) is 18.3 Å². The van der Waals surface area contributed by atoms with E-state index >= 15 is 0 Å². The first kappa shape index (κ1) is 16.5. The SMILES string of the molecule is C=CCN(C(=O)COc1cccc(C(C)=O)c1)c1ccccc1. The number of amides is 1. The topological polar surface area (TPSA) is 46.6 Å². The molecule has 2 aromatic rings. The molecule has 4 heteroatoms. The number of ether oxygens (including phenoxy) is 1. The van der Waals surface area contributed by atoms with Gasteiger partial charge in [-0.3, -0.25) is 9.59 Å². The zero-order chi connectivity index (χ0) is 16.7. The number of para-hydroxylation sites is 1. The van der Waals surface area contributed by atoms with E-state index in [1.807, 2.05) is 30.3 Å². The summed E-state index contributed by atoms with van der Waals surface area (Å²) >= 11 is 0. The fourth-order valence-corrected chi connectivity index (χ4v) is 2.12. The Morgan fingerprint density at radius 3 is 2.52 bits per heavy atom. The number of hydrogen-bond donors (Lipinski definition) is 0. The highest BCUT2D eigenvalue weighted by Crippen LogP contribution is 2.16. The van der Waals surface area contributed by atoms with E-state index in [4.69, 9.17) is 4.74 Å². The highest BCUT2D eigenvalue weighted by Gasteiger charge is 2.15. The molecular weight excluding hydrogens is 290 g/mol. The van der Waals surface area contributed by atoms with Crippen molar-refractivity contribution in [3.05, 3.63) is 72.8 Å². The van der Waals surface area contributed by atoms with Crippen LogP contribution in [0.3, 0.4) is 0 Å². The molecule has 2 aromatic carbocycles. The maximum atomic E-state index is 12.4. The molecule has 0 saturated carbocycles. The Labute approximate surface area is 136 Å². The van der Waals surface area contributed by atoms with Gasteiger partial charge in [0.2, 0.25) is 0 Å². The quantitative estimate of drug-likeness (QED) is 0.581. The van der Waals surface area contributed by atoms with Crippen LogP contribution in [0.5, 0.6) is 5.75 Å². The number of anilines is 1. The van der Waals surface area contributed by atoms with Crippen molar-refractivity contribution in [2.45, 2.75) is 6.92 Å². The molecule has 1 amide bonds. The minimum Gasteiger partial charge on any atom is -0.484 e. The van der Waals surface area contributed by atoms with Gasteiger partial charge in [0.15, 0.2) is 12.4 Å². The van der Waals surface area contributed by atoms with Gasteiger partial charge >= 0.3 is 0 Å². The molecule has 0 N–H and O–H groups in total.